The third-order valence-corrected chi connectivity index (χ3v) is 14.3. The van der Waals surface area contributed by atoms with E-state index in [-0.39, 0.29) is 22.5 Å². The summed E-state index contributed by atoms with van der Waals surface area (Å²) in [6.07, 6.45) is 3.87. The van der Waals surface area contributed by atoms with Gasteiger partial charge in [0.05, 0.1) is 17.3 Å². The number of aryl methyl sites for hydroxylation is 1. The second-order valence-corrected chi connectivity index (χ2v) is 19.5. The lowest BCUT2D eigenvalue weighted by Crippen LogP contribution is -2.43. The molecule has 0 aliphatic carbocycles. The van der Waals surface area contributed by atoms with Crippen molar-refractivity contribution >= 4 is 48.2 Å². The predicted octanol–water partition coefficient (Wildman–Crippen LogP) is 9.63. The molecule has 0 aliphatic heterocycles. The number of aromatic amines is 1. The van der Waals surface area contributed by atoms with Gasteiger partial charge in [-0.25, -0.2) is 9.78 Å². The minimum atomic E-state index is -2.21. The molecule has 0 aliphatic rings. The SMILES string of the molecule is CC(C)(C)[Si](C)(C)OC(CNCc1ccc2nc(CC/C=C/c3ccc(-c4ccccc4)c(NC(=O)O)c3)oc2c1)c1ccc(O)c2[nH]c(=O)ccc12. The Morgan fingerprint density at radius 2 is 1.81 bits per heavy atom. The first-order chi connectivity index (χ1) is 25.3. The van der Waals surface area contributed by atoms with Crippen molar-refractivity contribution in [3.05, 3.63) is 130 Å². The number of fused-ring (bicyclic) bond motifs is 2. The highest BCUT2D eigenvalue weighted by Gasteiger charge is 2.39. The highest BCUT2D eigenvalue weighted by atomic mass is 28.4. The number of nitrogens with one attached hydrogen (secondary N) is 3. The van der Waals surface area contributed by atoms with Crippen LogP contribution < -0.4 is 16.2 Å². The van der Waals surface area contributed by atoms with E-state index in [9.17, 15) is 19.8 Å². The van der Waals surface area contributed by atoms with Gasteiger partial charge in [-0.15, -0.1) is 0 Å². The van der Waals surface area contributed by atoms with Crippen LogP contribution in [-0.4, -0.2) is 41.1 Å². The number of phenolic OH excluding ortho intramolecular Hbond substituents is 1. The first-order valence-electron chi connectivity index (χ1n) is 17.8. The van der Waals surface area contributed by atoms with Crippen molar-refractivity contribution in [3.63, 3.8) is 0 Å². The number of carbonyl (C=O) groups is 1. The molecule has 4 aromatic carbocycles. The summed E-state index contributed by atoms with van der Waals surface area (Å²) in [5, 5.41) is 26.7. The summed E-state index contributed by atoms with van der Waals surface area (Å²) in [6, 6.07) is 28.1. The number of phenols is 1. The molecule has 2 aromatic heterocycles. The second kappa shape index (κ2) is 15.6. The molecule has 0 radical (unpaired) electrons. The highest BCUT2D eigenvalue weighted by molar-refractivity contribution is 6.74. The van der Waals surface area contributed by atoms with Crippen molar-refractivity contribution in [2.45, 2.75) is 64.4 Å². The number of H-pyrrole nitrogens is 1. The first kappa shape index (κ1) is 37.3. The maximum atomic E-state index is 12.1. The zero-order valence-corrected chi connectivity index (χ0v) is 31.7. The topological polar surface area (TPSA) is 150 Å². The normalized spacial score (nSPS) is 12.8. The minimum absolute atomic E-state index is 0.0196. The van der Waals surface area contributed by atoms with Crippen LogP contribution in [0.15, 0.2) is 106 Å². The van der Waals surface area contributed by atoms with Gasteiger partial charge >= 0.3 is 6.09 Å². The van der Waals surface area contributed by atoms with Crippen LogP contribution in [0.2, 0.25) is 18.1 Å². The van der Waals surface area contributed by atoms with Gasteiger partial charge in [0.25, 0.3) is 0 Å². The fraction of sp³-hybridized carbons (Fsp3) is 0.262. The van der Waals surface area contributed by atoms with E-state index >= 15 is 0 Å². The number of amides is 1. The van der Waals surface area contributed by atoms with Crippen molar-refractivity contribution in [1.82, 2.24) is 15.3 Å². The number of hydrogen-bond acceptors (Lipinski definition) is 7. The molecule has 0 fully saturated rings. The molecule has 6 aromatic rings. The van der Waals surface area contributed by atoms with E-state index in [1.165, 1.54) is 6.07 Å². The second-order valence-electron chi connectivity index (χ2n) is 14.7. The van der Waals surface area contributed by atoms with Crippen molar-refractivity contribution in [2.24, 2.45) is 0 Å². The number of rotatable bonds is 13. The predicted molar refractivity (Wildman–Crippen MR) is 214 cm³/mol. The Kier molecular flexibility index (Phi) is 11.0. The molecule has 274 valence electrons. The number of nitrogens with zero attached hydrogens (tertiary/aromatic N) is 1. The van der Waals surface area contributed by atoms with E-state index in [1.807, 2.05) is 84.9 Å². The van der Waals surface area contributed by atoms with Gasteiger partial charge in [-0.2, -0.15) is 0 Å². The molecule has 1 atom stereocenters. The summed E-state index contributed by atoms with van der Waals surface area (Å²) in [5.41, 5.74) is 6.73. The Morgan fingerprint density at radius 3 is 2.57 bits per heavy atom. The molecule has 0 spiro atoms. The lowest BCUT2D eigenvalue weighted by Gasteiger charge is -2.39. The van der Waals surface area contributed by atoms with Crippen LogP contribution in [0, 0.1) is 0 Å². The van der Waals surface area contributed by atoms with E-state index in [2.05, 4.69) is 54.5 Å². The van der Waals surface area contributed by atoms with E-state index in [4.69, 9.17) is 8.84 Å². The lowest BCUT2D eigenvalue weighted by atomic mass is 10.0. The van der Waals surface area contributed by atoms with E-state index in [0.29, 0.717) is 48.6 Å². The maximum Gasteiger partial charge on any atom is 0.409 e. The van der Waals surface area contributed by atoms with Gasteiger partial charge in [0, 0.05) is 36.5 Å². The largest absolute Gasteiger partial charge is 0.506 e. The molecule has 0 saturated carbocycles. The van der Waals surface area contributed by atoms with Gasteiger partial charge in [-0.05, 0) is 77.1 Å². The maximum absolute atomic E-state index is 12.1. The molecular weight excluding hydrogens is 685 g/mol. The monoisotopic (exact) mass is 730 g/mol. The van der Waals surface area contributed by atoms with Crippen LogP contribution in [0.3, 0.4) is 0 Å². The summed E-state index contributed by atoms with van der Waals surface area (Å²) < 4.78 is 13.1. The molecular formula is C42H46N4O6Si. The minimum Gasteiger partial charge on any atom is -0.506 e. The third-order valence-electron chi connectivity index (χ3n) is 9.86. The zero-order chi connectivity index (χ0) is 37.8. The van der Waals surface area contributed by atoms with Gasteiger partial charge in [0.15, 0.2) is 19.8 Å². The van der Waals surface area contributed by atoms with Gasteiger partial charge in [-0.3, -0.25) is 10.1 Å². The molecule has 1 unspecified atom stereocenters. The summed E-state index contributed by atoms with van der Waals surface area (Å²) >= 11 is 0. The van der Waals surface area contributed by atoms with Gasteiger partial charge in [-0.1, -0.05) is 87.5 Å². The van der Waals surface area contributed by atoms with Crippen molar-refractivity contribution < 1.29 is 23.9 Å². The van der Waals surface area contributed by atoms with E-state index in [1.54, 1.807) is 12.1 Å². The Hall–Kier alpha value is -5.49. The number of carboxylic acid groups (broad SMARTS) is 1. The molecule has 5 N–H and O–H groups in total. The number of aromatic hydroxyl groups is 1. The molecule has 2 heterocycles. The number of anilines is 1. The van der Waals surface area contributed by atoms with Crippen LogP contribution in [0.25, 0.3) is 39.2 Å². The van der Waals surface area contributed by atoms with Gasteiger partial charge < -0.3 is 29.4 Å². The average Bonchev–Trinajstić information content (AvgIpc) is 3.52. The Labute approximate surface area is 309 Å². The zero-order valence-electron chi connectivity index (χ0n) is 30.7. The quantitative estimate of drug-likeness (QED) is 0.0738. The number of allylic oxidation sites excluding steroid dienone is 1. The van der Waals surface area contributed by atoms with E-state index < -0.39 is 14.4 Å². The van der Waals surface area contributed by atoms with Crippen LogP contribution in [-0.2, 0) is 17.4 Å². The molecule has 1 amide bonds. The summed E-state index contributed by atoms with van der Waals surface area (Å²) in [5.74, 6) is 0.664. The molecule has 10 nitrogen and oxygen atoms in total. The molecule has 0 saturated heterocycles. The Morgan fingerprint density at radius 1 is 1.02 bits per heavy atom. The van der Waals surface area contributed by atoms with Crippen molar-refractivity contribution in [1.29, 1.82) is 0 Å². The number of aromatic nitrogens is 2. The molecule has 6 rings (SSSR count). The van der Waals surface area contributed by atoms with Gasteiger partial charge in [0.1, 0.15) is 11.3 Å². The smallest absolute Gasteiger partial charge is 0.409 e. The van der Waals surface area contributed by atoms with Crippen molar-refractivity contribution in [3.8, 4) is 16.9 Å². The number of benzene rings is 4. The lowest BCUT2D eigenvalue weighted by molar-refractivity contribution is 0.181. The summed E-state index contributed by atoms with van der Waals surface area (Å²) in [6.45, 7) is 12.1. The average molecular weight is 731 g/mol. The fourth-order valence-electron chi connectivity index (χ4n) is 6.05. The van der Waals surface area contributed by atoms with Crippen LogP contribution in [0.1, 0.15) is 55.9 Å². The fourth-order valence-corrected chi connectivity index (χ4v) is 7.32. The van der Waals surface area contributed by atoms with Crippen LogP contribution >= 0.6 is 0 Å². The highest BCUT2D eigenvalue weighted by Crippen LogP contribution is 2.41. The Balaban J connectivity index is 1.11. The first-order valence-corrected chi connectivity index (χ1v) is 20.7. The number of pyridine rings is 1. The number of oxazole rings is 1. The summed E-state index contributed by atoms with van der Waals surface area (Å²) in [7, 11) is -2.21. The standard InChI is InChI=1S/C42H46N4O6Si/c1-42(2,3)53(4,5)52-37(31-18-21-35(47)40-32(31)19-22-38(48)46-40)26-43-25-28-16-20-33-36(24-28)51-39(44-33)14-10-9-11-27-15-17-30(29-12-7-6-8-13-29)34(23-27)45-41(49)50/h6-9,11-13,15-24,37,43,45,47H,10,14,25-26H2,1-5H3,(H,46,48)(H,49,50)/b11-9+. The molecule has 11 heteroatoms. The number of hydrogen-bond donors (Lipinski definition) is 5. The molecule has 53 heavy (non-hydrogen) atoms. The third kappa shape index (κ3) is 8.94. The van der Waals surface area contributed by atoms with Crippen molar-refractivity contribution in [2.75, 3.05) is 11.9 Å². The van der Waals surface area contributed by atoms with Gasteiger partial charge in [0.2, 0.25) is 5.56 Å². The Bertz CT molecular complexity index is 2320. The summed E-state index contributed by atoms with van der Waals surface area (Å²) in [4.78, 5) is 31.0. The van der Waals surface area contributed by atoms with Crippen LogP contribution in [0.4, 0.5) is 10.5 Å². The van der Waals surface area contributed by atoms with Crippen LogP contribution in [0.5, 0.6) is 5.75 Å². The van der Waals surface area contributed by atoms with E-state index in [0.717, 1.165) is 38.7 Å². The molecule has 0 bridgehead atoms.